The highest BCUT2D eigenvalue weighted by Gasteiger charge is 2.29. The van der Waals surface area contributed by atoms with Crippen molar-refractivity contribution in [1.29, 1.82) is 0 Å². The highest BCUT2D eigenvalue weighted by atomic mass is 32.2. The Hall–Kier alpha value is -1.08. The summed E-state index contributed by atoms with van der Waals surface area (Å²) in [4.78, 5) is 12.8. The fourth-order valence-electron chi connectivity index (χ4n) is 1.83. The van der Waals surface area contributed by atoms with E-state index in [1.807, 2.05) is 6.92 Å². The summed E-state index contributed by atoms with van der Waals surface area (Å²) in [5.41, 5.74) is 0.313. The highest BCUT2D eigenvalue weighted by molar-refractivity contribution is 7.92. The second-order valence-electron chi connectivity index (χ2n) is 4.86. The molecule has 1 saturated carbocycles. The zero-order valence-electron chi connectivity index (χ0n) is 11.6. The van der Waals surface area contributed by atoms with E-state index in [-0.39, 0.29) is 18.3 Å². The summed E-state index contributed by atoms with van der Waals surface area (Å²) in [7, 11) is -3.38. The molecule has 0 unspecified atom stereocenters. The molecule has 1 aromatic rings. The van der Waals surface area contributed by atoms with Gasteiger partial charge in [0.05, 0.1) is 17.9 Å². The molecule has 1 N–H and O–H groups in total. The Kier molecular flexibility index (Phi) is 4.70. The molecule has 1 aromatic heterocycles. The van der Waals surface area contributed by atoms with Gasteiger partial charge in [-0.25, -0.2) is 13.2 Å². The molecule has 0 saturated heterocycles. The van der Waals surface area contributed by atoms with Crippen LogP contribution in [0.5, 0.6) is 0 Å². The number of ether oxygens (including phenoxy) is 1. The monoisotopic (exact) mass is 317 g/mol. The molecule has 0 spiro atoms. The third-order valence-corrected chi connectivity index (χ3v) is 5.78. The molecule has 20 heavy (non-hydrogen) atoms. The molecule has 1 heterocycles. The lowest BCUT2D eigenvalue weighted by Gasteiger charge is -2.07. The van der Waals surface area contributed by atoms with E-state index in [4.69, 9.17) is 4.74 Å². The fourth-order valence-corrected chi connectivity index (χ4v) is 4.64. The SMILES string of the molecule is CCOC(=O)c1cc(CC)sc1NS(=O)(=O)CC1CC1. The van der Waals surface area contributed by atoms with Crippen LogP contribution >= 0.6 is 11.3 Å². The van der Waals surface area contributed by atoms with Crippen LogP contribution in [0.2, 0.25) is 0 Å². The number of nitrogens with one attached hydrogen (secondary N) is 1. The van der Waals surface area contributed by atoms with Gasteiger partial charge in [0.15, 0.2) is 0 Å². The van der Waals surface area contributed by atoms with Crippen molar-refractivity contribution >= 4 is 32.3 Å². The summed E-state index contributed by atoms with van der Waals surface area (Å²) in [6.45, 7) is 3.95. The van der Waals surface area contributed by atoms with Crippen molar-refractivity contribution in [3.8, 4) is 0 Å². The number of carbonyl (C=O) groups excluding carboxylic acids is 1. The molecule has 0 aliphatic heterocycles. The van der Waals surface area contributed by atoms with Crippen molar-refractivity contribution < 1.29 is 17.9 Å². The topological polar surface area (TPSA) is 72.5 Å². The predicted molar refractivity (Wildman–Crippen MR) is 79.8 cm³/mol. The first-order valence-electron chi connectivity index (χ1n) is 6.75. The zero-order valence-corrected chi connectivity index (χ0v) is 13.3. The van der Waals surface area contributed by atoms with Gasteiger partial charge in [0.1, 0.15) is 5.00 Å². The first kappa shape index (κ1) is 15.3. The Balaban J connectivity index is 2.20. The summed E-state index contributed by atoms with van der Waals surface area (Å²) in [6.07, 6.45) is 2.69. The number of thiophene rings is 1. The van der Waals surface area contributed by atoms with Gasteiger partial charge in [-0.05, 0) is 38.2 Å². The summed E-state index contributed by atoms with van der Waals surface area (Å²) in [6, 6.07) is 1.71. The summed E-state index contributed by atoms with van der Waals surface area (Å²) in [5.74, 6) is -0.0778. The van der Waals surface area contributed by atoms with Gasteiger partial charge in [-0.15, -0.1) is 11.3 Å². The van der Waals surface area contributed by atoms with Crippen molar-refractivity contribution in [2.75, 3.05) is 17.1 Å². The van der Waals surface area contributed by atoms with Crippen LogP contribution in [0.3, 0.4) is 0 Å². The average Bonchev–Trinajstić information content (AvgIpc) is 3.06. The van der Waals surface area contributed by atoms with Crippen LogP contribution < -0.4 is 4.72 Å². The second kappa shape index (κ2) is 6.13. The fraction of sp³-hybridized carbons (Fsp3) is 0.615. The van der Waals surface area contributed by atoms with E-state index >= 15 is 0 Å². The number of sulfonamides is 1. The molecule has 112 valence electrons. The standard InChI is InChI=1S/C13H19NO4S2/c1-3-10-7-11(13(15)18-4-2)12(19-10)14-20(16,17)8-9-5-6-9/h7,9,14H,3-6,8H2,1-2H3. The molecule has 1 fully saturated rings. The molecule has 0 aromatic carbocycles. The summed E-state index contributed by atoms with van der Waals surface area (Å²) >= 11 is 1.30. The number of esters is 1. The van der Waals surface area contributed by atoms with E-state index in [2.05, 4.69) is 4.72 Å². The minimum absolute atomic E-state index is 0.134. The number of aryl methyl sites for hydroxylation is 1. The van der Waals surface area contributed by atoms with Crippen LogP contribution in [0, 0.1) is 5.92 Å². The maximum absolute atomic E-state index is 12.0. The van der Waals surface area contributed by atoms with Gasteiger partial charge in [0, 0.05) is 4.88 Å². The van der Waals surface area contributed by atoms with Crippen LogP contribution in [0.1, 0.15) is 41.9 Å². The predicted octanol–water partition coefficient (Wildman–Crippen LogP) is 2.64. The molecule has 2 rings (SSSR count). The lowest BCUT2D eigenvalue weighted by Crippen LogP contribution is -2.19. The van der Waals surface area contributed by atoms with Gasteiger partial charge in [-0.1, -0.05) is 6.92 Å². The maximum Gasteiger partial charge on any atom is 0.341 e. The molecule has 1 aliphatic rings. The molecular weight excluding hydrogens is 298 g/mol. The first-order valence-corrected chi connectivity index (χ1v) is 9.22. The number of hydrogen-bond donors (Lipinski definition) is 1. The van der Waals surface area contributed by atoms with Crippen LogP contribution in [-0.2, 0) is 21.2 Å². The van der Waals surface area contributed by atoms with Crippen molar-refractivity contribution in [2.24, 2.45) is 5.92 Å². The van der Waals surface area contributed by atoms with Gasteiger partial charge in [0.2, 0.25) is 10.0 Å². The molecule has 0 bridgehead atoms. The zero-order chi connectivity index (χ0) is 14.8. The van der Waals surface area contributed by atoms with Gasteiger partial charge < -0.3 is 4.74 Å². The Bertz CT molecular complexity index is 588. The van der Waals surface area contributed by atoms with E-state index in [9.17, 15) is 13.2 Å². The normalized spacial score (nSPS) is 15.1. The molecule has 7 heteroatoms. The number of rotatable bonds is 7. The quantitative estimate of drug-likeness (QED) is 0.785. The Labute approximate surface area is 123 Å². The largest absolute Gasteiger partial charge is 0.462 e. The van der Waals surface area contributed by atoms with Crippen LogP contribution in [0.25, 0.3) is 0 Å². The van der Waals surface area contributed by atoms with E-state index in [1.54, 1.807) is 13.0 Å². The van der Waals surface area contributed by atoms with Crippen LogP contribution in [0.4, 0.5) is 5.00 Å². The van der Waals surface area contributed by atoms with Crippen molar-refractivity contribution in [2.45, 2.75) is 33.1 Å². The Morgan fingerprint density at radius 1 is 1.45 bits per heavy atom. The van der Waals surface area contributed by atoms with E-state index in [0.717, 1.165) is 24.1 Å². The van der Waals surface area contributed by atoms with Gasteiger partial charge in [0.25, 0.3) is 0 Å². The van der Waals surface area contributed by atoms with Crippen molar-refractivity contribution in [1.82, 2.24) is 0 Å². The lowest BCUT2D eigenvalue weighted by atomic mass is 10.2. The number of carbonyl (C=O) groups is 1. The highest BCUT2D eigenvalue weighted by Crippen LogP contribution is 2.33. The smallest absolute Gasteiger partial charge is 0.341 e. The molecule has 1 aliphatic carbocycles. The minimum Gasteiger partial charge on any atom is -0.462 e. The molecular formula is C13H19NO4S2. The van der Waals surface area contributed by atoms with E-state index < -0.39 is 16.0 Å². The molecule has 0 amide bonds. The van der Waals surface area contributed by atoms with E-state index in [1.165, 1.54) is 11.3 Å². The molecule has 5 nitrogen and oxygen atoms in total. The minimum atomic E-state index is -3.38. The summed E-state index contributed by atoms with van der Waals surface area (Å²) in [5, 5.41) is 0.376. The van der Waals surface area contributed by atoms with Gasteiger partial charge >= 0.3 is 5.97 Å². The maximum atomic E-state index is 12.0. The second-order valence-corrected chi connectivity index (χ2v) is 7.76. The van der Waals surface area contributed by atoms with Gasteiger partial charge in [-0.2, -0.15) is 0 Å². The molecule has 0 atom stereocenters. The number of anilines is 1. The Morgan fingerprint density at radius 3 is 2.70 bits per heavy atom. The molecule has 0 radical (unpaired) electrons. The number of hydrogen-bond acceptors (Lipinski definition) is 5. The van der Waals surface area contributed by atoms with Crippen LogP contribution in [0.15, 0.2) is 6.07 Å². The average molecular weight is 317 g/mol. The third kappa shape index (κ3) is 3.96. The van der Waals surface area contributed by atoms with Crippen molar-refractivity contribution in [3.05, 3.63) is 16.5 Å². The van der Waals surface area contributed by atoms with Crippen LogP contribution in [-0.4, -0.2) is 26.7 Å². The first-order chi connectivity index (χ1) is 9.45. The Morgan fingerprint density at radius 2 is 2.15 bits per heavy atom. The van der Waals surface area contributed by atoms with Gasteiger partial charge in [-0.3, -0.25) is 4.72 Å². The summed E-state index contributed by atoms with van der Waals surface area (Å²) < 4.78 is 31.6. The lowest BCUT2D eigenvalue weighted by molar-refractivity contribution is 0.0528. The third-order valence-electron chi connectivity index (χ3n) is 3.03. The van der Waals surface area contributed by atoms with Crippen molar-refractivity contribution in [3.63, 3.8) is 0 Å². The van der Waals surface area contributed by atoms with E-state index in [0.29, 0.717) is 10.6 Å².